The van der Waals surface area contributed by atoms with Gasteiger partial charge in [-0.3, -0.25) is 11.3 Å². The van der Waals surface area contributed by atoms with Gasteiger partial charge in [0.2, 0.25) is 0 Å². The van der Waals surface area contributed by atoms with Crippen LogP contribution in [-0.2, 0) is 4.74 Å². The van der Waals surface area contributed by atoms with Crippen LogP contribution in [0.15, 0.2) is 16.6 Å². The molecule has 0 saturated carbocycles. The SMILES string of the molecule is NNC(c1c(F)cc(Br)cc1F)C1CCOC1. The van der Waals surface area contributed by atoms with Crippen LogP contribution >= 0.6 is 15.9 Å². The van der Waals surface area contributed by atoms with Gasteiger partial charge in [0, 0.05) is 22.6 Å². The average molecular weight is 307 g/mol. The fourth-order valence-corrected chi connectivity index (χ4v) is 2.52. The first kappa shape index (κ1) is 12.9. The smallest absolute Gasteiger partial charge is 0.132 e. The van der Waals surface area contributed by atoms with Crippen molar-refractivity contribution < 1.29 is 13.5 Å². The quantitative estimate of drug-likeness (QED) is 0.665. The second-order valence-electron chi connectivity index (χ2n) is 4.05. The van der Waals surface area contributed by atoms with Crippen LogP contribution in [-0.4, -0.2) is 13.2 Å². The van der Waals surface area contributed by atoms with Crippen LogP contribution < -0.4 is 11.3 Å². The minimum Gasteiger partial charge on any atom is -0.381 e. The molecular formula is C11H13BrF2N2O. The van der Waals surface area contributed by atoms with E-state index in [1.807, 2.05) is 0 Å². The van der Waals surface area contributed by atoms with Crippen LogP contribution in [0.2, 0.25) is 0 Å². The Labute approximate surface area is 106 Å². The van der Waals surface area contributed by atoms with E-state index in [0.717, 1.165) is 6.42 Å². The predicted molar refractivity (Wildman–Crippen MR) is 63.0 cm³/mol. The summed E-state index contributed by atoms with van der Waals surface area (Å²) in [5, 5.41) is 0. The van der Waals surface area contributed by atoms with E-state index in [9.17, 15) is 8.78 Å². The number of nitrogens with one attached hydrogen (secondary N) is 1. The molecule has 94 valence electrons. The molecule has 0 aliphatic carbocycles. The third-order valence-corrected chi connectivity index (χ3v) is 3.43. The molecule has 0 radical (unpaired) electrons. The minimum absolute atomic E-state index is 0.00910. The van der Waals surface area contributed by atoms with Gasteiger partial charge in [-0.2, -0.15) is 0 Å². The lowest BCUT2D eigenvalue weighted by molar-refractivity contribution is 0.175. The Morgan fingerprint density at radius 1 is 1.41 bits per heavy atom. The second kappa shape index (κ2) is 5.39. The van der Waals surface area contributed by atoms with Gasteiger partial charge in [0.15, 0.2) is 0 Å². The summed E-state index contributed by atoms with van der Waals surface area (Å²) in [5.41, 5.74) is 2.46. The number of hydrogen-bond donors (Lipinski definition) is 2. The van der Waals surface area contributed by atoms with Gasteiger partial charge in [-0.15, -0.1) is 0 Å². The first-order chi connectivity index (χ1) is 8.13. The van der Waals surface area contributed by atoms with Crippen molar-refractivity contribution in [3.05, 3.63) is 33.8 Å². The van der Waals surface area contributed by atoms with Crippen molar-refractivity contribution in [3.8, 4) is 0 Å². The van der Waals surface area contributed by atoms with Crippen molar-refractivity contribution in [2.75, 3.05) is 13.2 Å². The number of nitrogens with two attached hydrogens (primary N) is 1. The Bertz CT molecular complexity index is 387. The summed E-state index contributed by atoms with van der Waals surface area (Å²) in [6.07, 6.45) is 0.740. The molecule has 1 saturated heterocycles. The molecule has 1 aliphatic heterocycles. The Hall–Kier alpha value is -0.560. The summed E-state index contributed by atoms with van der Waals surface area (Å²) in [5.74, 6) is 4.19. The monoisotopic (exact) mass is 306 g/mol. The molecule has 0 amide bonds. The number of rotatable bonds is 3. The number of benzene rings is 1. The number of hydrogen-bond acceptors (Lipinski definition) is 3. The van der Waals surface area contributed by atoms with Crippen LogP contribution in [0.25, 0.3) is 0 Å². The molecule has 0 bridgehead atoms. The maximum Gasteiger partial charge on any atom is 0.132 e. The number of hydrazine groups is 1. The summed E-state index contributed by atoms with van der Waals surface area (Å²) in [6, 6.07) is 1.91. The van der Waals surface area contributed by atoms with E-state index in [4.69, 9.17) is 10.6 Å². The fraction of sp³-hybridized carbons (Fsp3) is 0.455. The second-order valence-corrected chi connectivity index (χ2v) is 4.97. The van der Waals surface area contributed by atoms with Gasteiger partial charge in [0.25, 0.3) is 0 Å². The van der Waals surface area contributed by atoms with Crippen LogP contribution in [0, 0.1) is 17.6 Å². The predicted octanol–water partition coefficient (Wildman–Crippen LogP) is 2.27. The van der Waals surface area contributed by atoms with Gasteiger partial charge in [-0.05, 0) is 18.6 Å². The molecule has 3 nitrogen and oxygen atoms in total. The van der Waals surface area contributed by atoms with Crippen LogP contribution in [0.5, 0.6) is 0 Å². The molecule has 1 aromatic rings. The third-order valence-electron chi connectivity index (χ3n) is 2.97. The van der Waals surface area contributed by atoms with Gasteiger partial charge in [0.1, 0.15) is 11.6 Å². The topological polar surface area (TPSA) is 47.3 Å². The van der Waals surface area contributed by atoms with E-state index in [1.54, 1.807) is 0 Å². The summed E-state index contributed by atoms with van der Waals surface area (Å²) in [6.45, 7) is 1.06. The van der Waals surface area contributed by atoms with Crippen LogP contribution in [0.1, 0.15) is 18.0 Å². The molecule has 17 heavy (non-hydrogen) atoms. The Balaban J connectivity index is 2.36. The molecule has 2 atom stereocenters. The molecule has 1 heterocycles. The Morgan fingerprint density at radius 2 is 2.06 bits per heavy atom. The average Bonchev–Trinajstić information content (AvgIpc) is 2.76. The highest BCUT2D eigenvalue weighted by Crippen LogP contribution is 2.32. The van der Waals surface area contributed by atoms with E-state index >= 15 is 0 Å². The normalized spacial score (nSPS) is 21.8. The summed E-state index contributed by atoms with van der Waals surface area (Å²) in [7, 11) is 0. The van der Waals surface area contributed by atoms with Crippen molar-refractivity contribution in [2.45, 2.75) is 12.5 Å². The molecule has 0 spiro atoms. The van der Waals surface area contributed by atoms with Gasteiger partial charge < -0.3 is 4.74 Å². The van der Waals surface area contributed by atoms with Crippen molar-refractivity contribution in [1.29, 1.82) is 0 Å². The van der Waals surface area contributed by atoms with Gasteiger partial charge in [0.05, 0.1) is 12.6 Å². The lowest BCUT2D eigenvalue weighted by atomic mass is 9.92. The first-order valence-electron chi connectivity index (χ1n) is 5.31. The lowest BCUT2D eigenvalue weighted by Crippen LogP contribution is -2.35. The summed E-state index contributed by atoms with van der Waals surface area (Å²) >= 11 is 3.05. The number of ether oxygens (including phenoxy) is 1. The third kappa shape index (κ3) is 2.65. The van der Waals surface area contributed by atoms with Crippen molar-refractivity contribution in [3.63, 3.8) is 0 Å². The number of halogens is 3. The molecule has 2 rings (SSSR count). The molecular weight excluding hydrogens is 294 g/mol. The van der Waals surface area contributed by atoms with Crippen molar-refractivity contribution in [1.82, 2.24) is 5.43 Å². The van der Waals surface area contributed by atoms with Gasteiger partial charge in [-0.1, -0.05) is 15.9 Å². The minimum atomic E-state index is -0.605. The highest BCUT2D eigenvalue weighted by Gasteiger charge is 2.30. The van der Waals surface area contributed by atoms with Crippen molar-refractivity contribution >= 4 is 15.9 Å². The van der Waals surface area contributed by atoms with E-state index in [1.165, 1.54) is 12.1 Å². The molecule has 6 heteroatoms. The fourth-order valence-electron chi connectivity index (χ4n) is 2.12. The lowest BCUT2D eigenvalue weighted by Gasteiger charge is -2.23. The van der Waals surface area contributed by atoms with E-state index in [2.05, 4.69) is 21.4 Å². The Kier molecular flexibility index (Phi) is 4.09. The van der Waals surface area contributed by atoms with Gasteiger partial charge >= 0.3 is 0 Å². The van der Waals surface area contributed by atoms with Crippen molar-refractivity contribution in [2.24, 2.45) is 11.8 Å². The van der Waals surface area contributed by atoms with Gasteiger partial charge in [-0.25, -0.2) is 8.78 Å². The van der Waals surface area contributed by atoms with Crippen LogP contribution in [0.3, 0.4) is 0 Å². The Morgan fingerprint density at radius 3 is 2.53 bits per heavy atom. The van der Waals surface area contributed by atoms with E-state index < -0.39 is 17.7 Å². The van der Waals surface area contributed by atoms with E-state index in [0.29, 0.717) is 17.7 Å². The molecule has 1 aliphatic rings. The summed E-state index contributed by atoms with van der Waals surface area (Å²) in [4.78, 5) is 0. The zero-order valence-corrected chi connectivity index (χ0v) is 10.6. The highest BCUT2D eigenvalue weighted by atomic mass is 79.9. The maximum atomic E-state index is 13.8. The summed E-state index contributed by atoms with van der Waals surface area (Å²) < 4.78 is 33.2. The molecule has 1 aromatic carbocycles. The first-order valence-corrected chi connectivity index (χ1v) is 6.11. The standard InChI is InChI=1S/C11H13BrF2N2O/c12-7-3-8(13)10(9(14)4-7)11(16-15)6-1-2-17-5-6/h3-4,6,11,16H,1-2,5,15H2. The van der Waals surface area contributed by atoms with E-state index in [-0.39, 0.29) is 11.5 Å². The maximum absolute atomic E-state index is 13.8. The zero-order valence-electron chi connectivity index (χ0n) is 9.05. The van der Waals surface area contributed by atoms with Crippen LogP contribution in [0.4, 0.5) is 8.78 Å². The zero-order chi connectivity index (χ0) is 12.4. The molecule has 0 aromatic heterocycles. The largest absolute Gasteiger partial charge is 0.381 e. The molecule has 2 unspecified atom stereocenters. The molecule has 3 N–H and O–H groups in total. The highest BCUT2D eigenvalue weighted by molar-refractivity contribution is 9.10. The molecule has 1 fully saturated rings.